The van der Waals surface area contributed by atoms with Gasteiger partial charge in [0.25, 0.3) is 0 Å². The average Bonchev–Trinajstić information content (AvgIpc) is 3.02. The lowest BCUT2D eigenvalue weighted by atomic mass is 9.88. The van der Waals surface area contributed by atoms with Crippen LogP contribution >= 0.6 is 0 Å². The third-order valence-corrected chi connectivity index (χ3v) is 7.07. The maximum absolute atomic E-state index is 13.6. The Hall–Kier alpha value is -4.29. The average molecular weight is 540 g/mol. The zero-order valence-electron chi connectivity index (χ0n) is 23.1. The minimum atomic E-state index is -0.492. The summed E-state index contributed by atoms with van der Waals surface area (Å²) in [6.07, 6.45) is 0.637. The minimum Gasteiger partial charge on any atom is -0.493 e. The Morgan fingerprint density at radius 2 is 1.32 bits per heavy atom. The third-order valence-electron chi connectivity index (χ3n) is 7.07. The van der Waals surface area contributed by atoms with Gasteiger partial charge in [-0.3, -0.25) is 0 Å². The number of ether oxygens (including phenoxy) is 3. The summed E-state index contributed by atoms with van der Waals surface area (Å²) in [7, 11) is 3.18. The SMILES string of the molecule is COc1ccc(CC(CO)N(CCC(c2ccccc2)c2ccccc2)C(=O)OCc2ccccc2)cc1OC. The van der Waals surface area contributed by atoms with Gasteiger partial charge >= 0.3 is 6.09 Å². The molecule has 0 aliphatic carbocycles. The van der Waals surface area contributed by atoms with Gasteiger partial charge in [0.1, 0.15) is 6.61 Å². The van der Waals surface area contributed by atoms with Crippen molar-refractivity contribution in [3.8, 4) is 11.5 Å². The number of methoxy groups -OCH3 is 2. The summed E-state index contributed by atoms with van der Waals surface area (Å²) < 4.78 is 16.6. The fraction of sp³-hybridized carbons (Fsp3) is 0.265. The van der Waals surface area contributed by atoms with Crippen molar-refractivity contribution in [2.45, 2.75) is 31.4 Å². The minimum absolute atomic E-state index is 0.0762. The molecular weight excluding hydrogens is 502 g/mol. The fourth-order valence-electron chi connectivity index (χ4n) is 4.94. The highest BCUT2D eigenvalue weighted by Gasteiger charge is 2.27. The van der Waals surface area contributed by atoms with Gasteiger partial charge in [0.2, 0.25) is 0 Å². The Morgan fingerprint density at radius 1 is 0.750 bits per heavy atom. The molecule has 6 nitrogen and oxygen atoms in total. The molecule has 0 radical (unpaired) electrons. The van der Waals surface area contributed by atoms with E-state index in [1.807, 2.05) is 84.9 Å². The van der Waals surface area contributed by atoms with Crippen LogP contribution in [0.25, 0.3) is 0 Å². The highest BCUT2D eigenvalue weighted by Crippen LogP contribution is 2.30. The van der Waals surface area contributed by atoms with E-state index in [-0.39, 0.29) is 19.1 Å². The van der Waals surface area contributed by atoms with E-state index >= 15 is 0 Å². The molecule has 1 unspecified atom stereocenters. The molecule has 1 N–H and O–H groups in total. The predicted octanol–water partition coefficient (Wildman–Crippen LogP) is 6.47. The van der Waals surface area contributed by atoms with E-state index in [9.17, 15) is 9.90 Å². The molecule has 0 saturated carbocycles. The standard InChI is InChI=1S/C34H37NO5/c1-38-32-19-18-27(23-33(32)39-2)22-30(24-36)35(34(37)40-25-26-12-6-3-7-13-26)21-20-31(28-14-8-4-9-15-28)29-16-10-5-11-17-29/h3-19,23,30-31,36H,20-22,24-25H2,1-2H3. The Balaban J connectivity index is 1.59. The van der Waals surface area contributed by atoms with Crippen molar-refractivity contribution in [2.75, 3.05) is 27.4 Å². The molecule has 0 aliphatic heterocycles. The van der Waals surface area contributed by atoms with Gasteiger partial charge in [0.05, 0.1) is 26.9 Å². The van der Waals surface area contributed by atoms with Gasteiger partial charge < -0.3 is 24.2 Å². The number of amides is 1. The van der Waals surface area contributed by atoms with Crippen molar-refractivity contribution in [1.29, 1.82) is 0 Å². The Morgan fingerprint density at radius 3 is 1.88 bits per heavy atom. The zero-order chi connectivity index (χ0) is 28.2. The van der Waals surface area contributed by atoms with Crippen LogP contribution in [0.4, 0.5) is 4.79 Å². The molecule has 1 atom stereocenters. The zero-order valence-corrected chi connectivity index (χ0v) is 23.1. The summed E-state index contributed by atoms with van der Waals surface area (Å²) in [4.78, 5) is 15.2. The van der Waals surface area contributed by atoms with Crippen LogP contribution in [0.1, 0.15) is 34.6 Å². The second-order valence-corrected chi connectivity index (χ2v) is 9.63. The molecule has 4 rings (SSSR count). The first-order valence-corrected chi connectivity index (χ1v) is 13.5. The normalized spacial score (nSPS) is 11.6. The third kappa shape index (κ3) is 7.64. The molecule has 1 amide bonds. The first-order valence-electron chi connectivity index (χ1n) is 13.5. The van der Waals surface area contributed by atoms with Gasteiger partial charge in [-0.15, -0.1) is 0 Å². The van der Waals surface area contributed by atoms with Crippen molar-refractivity contribution < 1.29 is 24.1 Å². The molecule has 0 saturated heterocycles. The molecule has 0 fully saturated rings. The van der Waals surface area contributed by atoms with Crippen molar-refractivity contribution in [1.82, 2.24) is 4.90 Å². The van der Waals surface area contributed by atoms with Crippen molar-refractivity contribution in [3.63, 3.8) is 0 Å². The van der Waals surface area contributed by atoms with Crippen LogP contribution in [0.2, 0.25) is 0 Å². The maximum Gasteiger partial charge on any atom is 0.410 e. The number of hydrogen-bond acceptors (Lipinski definition) is 5. The molecule has 4 aromatic carbocycles. The summed E-state index contributed by atoms with van der Waals surface area (Å²) in [5, 5.41) is 10.5. The highest BCUT2D eigenvalue weighted by atomic mass is 16.6. The van der Waals surface area contributed by atoms with Crippen LogP contribution in [0.5, 0.6) is 11.5 Å². The maximum atomic E-state index is 13.6. The lowest BCUT2D eigenvalue weighted by Crippen LogP contribution is -2.45. The predicted molar refractivity (Wildman–Crippen MR) is 157 cm³/mol. The number of nitrogens with zero attached hydrogens (tertiary/aromatic N) is 1. The van der Waals surface area contributed by atoms with E-state index in [1.165, 1.54) is 11.1 Å². The van der Waals surface area contributed by atoms with Crippen LogP contribution < -0.4 is 9.47 Å². The van der Waals surface area contributed by atoms with Crippen LogP contribution in [-0.4, -0.2) is 49.5 Å². The van der Waals surface area contributed by atoms with Crippen molar-refractivity contribution in [3.05, 3.63) is 131 Å². The smallest absolute Gasteiger partial charge is 0.410 e. The summed E-state index contributed by atoms with van der Waals surface area (Å²) >= 11 is 0. The number of benzene rings is 4. The molecule has 4 aromatic rings. The van der Waals surface area contributed by atoms with Crippen LogP contribution in [0.15, 0.2) is 109 Å². The van der Waals surface area contributed by atoms with Crippen LogP contribution in [0, 0.1) is 0 Å². The summed E-state index contributed by atoms with van der Waals surface area (Å²) in [6.45, 7) is 0.349. The number of hydrogen-bond donors (Lipinski definition) is 1. The molecule has 0 spiro atoms. The van der Waals surface area contributed by atoms with Gasteiger partial charge in [-0.2, -0.15) is 0 Å². The first-order chi connectivity index (χ1) is 19.6. The molecule has 40 heavy (non-hydrogen) atoms. The summed E-state index contributed by atoms with van der Waals surface area (Å²) in [6, 6.07) is 35.3. The fourth-order valence-corrected chi connectivity index (χ4v) is 4.94. The van der Waals surface area contributed by atoms with Gasteiger partial charge in [-0.1, -0.05) is 97.1 Å². The first kappa shape index (κ1) is 28.7. The van der Waals surface area contributed by atoms with E-state index in [1.54, 1.807) is 19.1 Å². The number of aliphatic hydroxyl groups excluding tert-OH is 1. The lowest BCUT2D eigenvalue weighted by molar-refractivity contribution is 0.0631. The topological polar surface area (TPSA) is 68.2 Å². The van der Waals surface area contributed by atoms with E-state index in [4.69, 9.17) is 14.2 Å². The lowest BCUT2D eigenvalue weighted by Gasteiger charge is -2.32. The Kier molecular flexibility index (Phi) is 10.6. The molecule has 208 valence electrons. The van der Waals surface area contributed by atoms with E-state index in [2.05, 4.69) is 24.3 Å². The second-order valence-electron chi connectivity index (χ2n) is 9.63. The molecule has 0 heterocycles. The van der Waals surface area contributed by atoms with Crippen molar-refractivity contribution >= 4 is 6.09 Å². The molecule has 0 aliphatic rings. The van der Waals surface area contributed by atoms with Crippen molar-refractivity contribution in [2.24, 2.45) is 0 Å². The van der Waals surface area contributed by atoms with Crippen LogP contribution in [0.3, 0.4) is 0 Å². The molecule has 6 heteroatoms. The summed E-state index contributed by atoms with van der Waals surface area (Å²) in [5.74, 6) is 1.30. The Labute approximate surface area is 236 Å². The second kappa shape index (κ2) is 14.8. The van der Waals surface area contributed by atoms with E-state index in [0.717, 1.165) is 11.1 Å². The van der Waals surface area contributed by atoms with Gasteiger partial charge in [0.15, 0.2) is 11.5 Å². The van der Waals surface area contributed by atoms with Gasteiger partial charge in [0, 0.05) is 12.5 Å². The molecule has 0 bridgehead atoms. The number of carbonyl (C=O) groups excluding carboxylic acids is 1. The van der Waals surface area contributed by atoms with E-state index < -0.39 is 12.1 Å². The number of carbonyl (C=O) groups is 1. The van der Waals surface area contributed by atoms with Crippen LogP contribution in [-0.2, 0) is 17.8 Å². The number of aliphatic hydroxyl groups is 1. The van der Waals surface area contributed by atoms with Gasteiger partial charge in [-0.25, -0.2) is 4.79 Å². The highest BCUT2D eigenvalue weighted by molar-refractivity contribution is 5.68. The van der Waals surface area contributed by atoms with Gasteiger partial charge in [-0.05, 0) is 47.2 Å². The summed E-state index contributed by atoms with van der Waals surface area (Å²) in [5.41, 5.74) is 4.17. The quantitative estimate of drug-likeness (QED) is 0.211. The van der Waals surface area contributed by atoms with E-state index in [0.29, 0.717) is 30.9 Å². The molecular formula is C34H37NO5. The monoisotopic (exact) mass is 539 g/mol. The molecule has 0 aromatic heterocycles. The largest absolute Gasteiger partial charge is 0.493 e. The Bertz CT molecular complexity index is 1270. The number of rotatable bonds is 13.